The van der Waals surface area contributed by atoms with Gasteiger partial charge in [0.1, 0.15) is 0 Å². The first-order chi connectivity index (χ1) is 5.16. The van der Waals surface area contributed by atoms with Gasteiger partial charge in [0.05, 0.1) is 7.11 Å². The summed E-state index contributed by atoms with van der Waals surface area (Å²) in [7, 11) is 1.40. The van der Waals surface area contributed by atoms with Crippen LogP contribution in [0.3, 0.4) is 0 Å². The topological polar surface area (TPSA) is 38.3 Å². The molecule has 1 aliphatic rings. The second kappa shape index (κ2) is 3.11. The van der Waals surface area contributed by atoms with Crippen LogP contribution in [0, 0.1) is 0 Å². The largest absolute Gasteiger partial charge is 0.453 e. The number of ether oxygens (including phenoxy) is 1. The van der Waals surface area contributed by atoms with E-state index in [1.807, 2.05) is 0 Å². The second-order valence-corrected chi connectivity index (χ2v) is 3.38. The number of methoxy groups -OCH3 is 1. The summed E-state index contributed by atoms with van der Waals surface area (Å²) in [6.45, 7) is 2.07. The van der Waals surface area contributed by atoms with Crippen molar-refractivity contribution in [2.24, 2.45) is 0 Å². The Balaban J connectivity index is 2.39. The molecule has 1 rings (SSSR count). The van der Waals surface area contributed by atoms with Gasteiger partial charge >= 0.3 is 6.09 Å². The zero-order valence-corrected chi connectivity index (χ0v) is 7.14. The molecule has 0 heterocycles. The summed E-state index contributed by atoms with van der Waals surface area (Å²) in [6, 6.07) is 0. The van der Waals surface area contributed by atoms with E-state index >= 15 is 0 Å². The van der Waals surface area contributed by atoms with Gasteiger partial charge in [-0.25, -0.2) is 4.79 Å². The van der Waals surface area contributed by atoms with E-state index in [1.165, 1.54) is 20.0 Å². The Labute approximate surface area is 67.1 Å². The first-order valence-electron chi connectivity index (χ1n) is 4.02. The molecule has 1 fully saturated rings. The van der Waals surface area contributed by atoms with Crippen molar-refractivity contribution >= 4 is 6.09 Å². The first-order valence-corrected chi connectivity index (χ1v) is 4.02. The van der Waals surface area contributed by atoms with Crippen molar-refractivity contribution in [2.45, 2.75) is 38.1 Å². The Morgan fingerprint density at radius 3 is 2.45 bits per heavy atom. The van der Waals surface area contributed by atoms with Gasteiger partial charge in [-0.05, 0) is 19.8 Å². The van der Waals surface area contributed by atoms with Gasteiger partial charge in [-0.15, -0.1) is 0 Å². The Morgan fingerprint density at radius 2 is 2.00 bits per heavy atom. The number of hydrogen-bond donors (Lipinski definition) is 1. The summed E-state index contributed by atoms with van der Waals surface area (Å²) in [5.41, 5.74) is -0.00685. The van der Waals surface area contributed by atoms with Crippen molar-refractivity contribution in [2.75, 3.05) is 7.11 Å². The van der Waals surface area contributed by atoms with Gasteiger partial charge in [-0.1, -0.05) is 12.8 Å². The van der Waals surface area contributed by atoms with E-state index in [4.69, 9.17) is 0 Å². The lowest BCUT2D eigenvalue weighted by atomic mass is 10.0. The lowest BCUT2D eigenvalue weighted by Gasteiger charge is -2.23. The molecule has 0 unspecified atom stereocenters. The van der Waals surface area contributed by atoms with Gasteiger partial charge in [0.2, 0.25) is 0 Å². The number of carbonyl (C=O) groups is 1. The molecule has 1 N–H and O–H groups in total. The fourth-order valence-corrected chi connectivity index (χ4v) is 1.58. The maximum atomic E-state index is 10.8. The molecule has 0 aliphatic heterocycles. The molecule has 0 radical (unpaired) electrons. The van der Waals surface area contributed by atoms with Gasteiger partial charge in [-0.2, -0.15) is 0 Å². The third-order valence-corrected chi connectivity index (χ3v) is 2.30. The van der Waals surface area contributed by atoms with Crippen molar-refractivity contribution in [3.63, 3.8) is 0 Å². The van der Waals surface area contributed by atoms with Crippen molar-refractivity contribution in [1.29, 1.82) is 0 Å². The van der Waals surface area contributed by atoms with Gasteiger partial charge in [0.25, 0.3) is 0 Å². The van der Waals surface area contributed by atoms with E-state index in [2.05, 4.69) is 17.0 Å². The minimum absolute atomic E-state index is 0.00685. The molecular formula is C8H15NO2. The SMILES string of the molecule is COC(=O)NC1(C)CCCC1. The molecule has 0 atom stereocenters. The van der Waals surface area contributed by atoms with Crippen LogP contribution < -0.4 is 5.32 Å². The van der Waals surface area contributed by atoms with E-state index in [0.29, 0.717) is 0 Å². The molecule has 0 saturated heterocycles. The highest BCUT2D eigenvalue weighted by atomic mass is 16.5. The van der Waals surface area contributed by atoms with Gasteiger partial charge in [0.15, 0.2) is 0 Å². The summed E-state index contributed by atoms with van der Waals surface area (Å²) in [4.78, 5) is 10.8. The summed E-state index contributed by atoms with van der Waals surface area (Å²) in [6.07, 6.45) is 4.25. The van der Waals surface area contributed by atoms with E-state index in [1.54, 1.807) is 0 Å². The molecule has 0 aromatic rings. The van der Waals surface area contributed by atoms with Crippen LogP contribution in [-0.4, -0.2) is 18.7 Å². The molecule has 1 saturated carbocycles. The minimum atomic E-state index is -0.311. The normalized spacial score (nSPS) is 21.3. The molecular weight excluding hydrogens is 142 g/mol. The van der Waals surface area contributed by atoms with Crippen molar-refractivity contribution < 1.29 is 9.53 Å². The van der Waals surface area contributed by atoms with Gasteiger partial charge < -0.3 is 10.1 Å². The van der Waals surface area contributed by atoms with Crippen LogP contribution in [0.5, 0.6) is 0 Å². The fourth-order valence-electron chi connectivity index (χ4n) is 1.58. The molecule has 3 nitrogen and oxygen atoms in total. The maximum absolute atomic E-state index is 10.8. The molecule has 11 heavy (non-hydrogen) atoms. The summed E-state index contributed by atoms with van der Waals surface area (Å²) < 4.78 is 4.53. The van der Waals surface area contributed by atoms with Gasteiger partial charge in [0, 0.05) is 5.54 Å². The Bertz CT molecular complexity index is 150. The van der Waals surface area contributed by atoms with Crippen molar-refractivity contribution in [1.82, 2.24) is 5.32 Å². The Kier molecular flexibility index (Phi) is 2.37. The van der Waals surface area contributed by atoms with Crippen LogP contribution in [0.2, 0.25) is 0 Å². The van der Waals surface area contributed by atoms with E-state index in [0.717, 1.165) is 12.8 Å². The monoisotopic (exact) mass is 157 g/mol. The van der Waals surface area contributed by atoms with Crippen LogP contribution in [0.15, 0.2) is 0 Å². The highest BCUT2D eigenvalue weighted by Gasteiger charge is 2.30. The highest BCUT2D eigenvalue weighted by molar-refractivity contribution is 5.68. The quantitative estimate of drug-likeness (QED) is 0.628. The van der Waals surface area contributed by atoms with Crippen LogP contribution in [0.1, 0.15) is 32.6 Å². The number of nitrogens with one attached hydrogen (secondary N) is 1. The molecule has 0 aromatic heterocycles. The molecule has 0 spiro atoms. The van der Waals surface area contributed by atoms with Crippen LogP contribution in [-0.2, 0) is 4.74 Å². The van der Waals surface area contributed by atoms with E-state index in [-0.39, 0.29) is 11.6 Å². The zero-order valence-electron chi connectivity index (χ0n) is 7.14. The molecule has 1 amide bonds. The number of hydrogen-bond acceptors (Lipinski definition) is 2. The van der Waals surface area contributed by atoms with E-state index in [9.17, 15) is 4.79 Å². The lowest BCUT2D eigenvalue weighted by Crippen LogP contribution is -2.43. The number of carbonyl (C=O) groups excluding carboxylic acids is 1. The van der Waals surface area contributed by atoms with Crippen LogP contribution in [0.4, 0.5) is 4.79 Å². The van der Waals surface area contributed by atoms with Crippen LogP contribution in [0.25, 0.3) is 0 Å². The average Bonchev–Trinajstić information content (AvgIpc) is 2.36. The third kappa shape index (κ3) is 2.10. The summed E-state index contributed by atoms with van der Waals surface area (Å²) in [5.74, 6) is 0. The fraction of sp³-hybridized carbons (Fsp3) is 0.875. The van der Waals surface area contributed by atoms with Crippen LogP contribution >= 0.6 is 0 Å². The van der Waals surface area contributed by atoms with E-state index < -0.39 is 0 Å². The highest BCUT2D eigenvalue weighted by Crippen LogP contribution is 2.28. The van der Waals surface area contributed by atoms with Crippen molar-refractivity contribution in [3.8, 4) is 0 Å². The maximum Gasteiger partial charge on any atom is 0.407 e. The average molecular weight is 157 g/mol. The molecule has 0 bridgehead atoms. The predicted molar refractivity (Wildman–Crippen MR) is 42.4 cm³/mol. The summed E-state index contributed by atoms with van der Waals surface area (Å²) in [5, 5.41) is 2.84. The smallest absolute Gasteiger partial charge is 0.407 e. The lowest BCUT2D eigenvalue weighted by molar-refractivity contribution is 0.158. The standard InChI is InChI=1S/C8H15NO2/c1-8(5-3-4-6-8)9-7(10)11-2/h3-6H2,1-2H3,(H,9,10). The number of amides is 1. The Morgan fingerprint density at radius 1 is 1.45 bits per heavy atom. The predicted octanol–water partition coefficient (Wildman–Crippen LogP) is 1.68. The third-order valence-electron chi connectivity index (χ3n) is 2.30. The number of alkyl carbamates (subject to hydrolysis) is 1. The second-order valence-electron chi connectivity index (χ2n) is 3.38. The van der Waals surface area contributed by atoms with Crippen molar-refractivity contribution in [3.05, 3.63) is 0 Å². The minimum Gasteiger partial charge on any atom is -0.453 e. The molecule has 3 heteroatoms. The molecule has 64 valence electrons. The Hall–Kier alpha value is -0.730. The summed E-state index contributed by atoms with van der Waals surface area (Å²) >= 11 is 0. The zero-order chi connectivity index (χ0) is 8.32. The molecule has 0 aromatic carbocycles. The number of rotatable bonds is 1. The first kappa shape index (κ1) is 8.37. The van der Waals surface area contributed by atoms with Gasteiger partial charge in [-0.3, -0.25) is 0 Å². The molecule has 1 aliphatic carbocycles.